The standard InChI is InChI=1S/C18H27N3O3S/c1-14-7-8-15(18(22)20-9-5-6-16(19)13-20)12-17(14)25(23,24)21-10-3-2-4-11-21/h7-8,12,16H,2-6,9-11,13,19H2,1H3. The number of aryl methyl sites for hydroxylation is 1. The number of hydrogen-bond acceptors (Lipinski definition) is 4. The number of piperidine rings is 2. The van der Waals surface area contributed by atoms with Crippen LogP contribution in [0.15, 0.2) is 23.1 Å². The first-order valence-corrected chi connectivity index (χ1v) is 10.5. The molecule has 7 heteroatoms. The van der Waals surface area contributed by atoms with Gasteiger partial charge in [0.1, 0.15) is 0 Å². The van der Waals surface area contributed by atoms with Crippen molar-refractivity contribution in [2.45, 2.75) is 50.0 Å². The average molecular weight is 365 g/mol. The van der Waals surface area contributed by atoms with Gasteiger partial charge in [-0.1, -0.05) is 12.5 Å². The predicted octanol–water partition coefficient (Wildman–Crippen LogP) is 1.73. The molecule has 2 aliphatic rings. The minimum absolute atomic E-state index is 0.000277. The van der Waals surface area contributed by atoms with Gasteiger partial charge in [-0.25, -0.2) is 8.42 Å². The lowest BCUT2D eigenvalue weighted by atomic mass is 10.0. The van der Waals surface area contributed by atoms with E-state index in [2.05, 4.69) is 0 Å². The van der Waals surface area contributed by atoms with E-state index in [0.29, 0.717) is 37.3 Å². The number of likely N-dealkylation sites (tertiary alicyclic amines) is 1. The second-order valence-corrected chi connectivity index (χ2v) is 9.00. The highest BCUT2D eigenvalue weighted by molar-refractivity contribution is 7.89. The molecule has 0 aromatic heterocycles. The van der Waals surface area contributed by atoms with Crippen LogP contribution in [0.1, 0.15) is 48.0 Å². The molecule has 0 saturated carbocycles. The molecule has 138 valence electrons. The van der Waals surface area contributed by atoms with Crippen LogP contribution in [0.25, 0.3) is 0 Å². The van der Waals surface area contributed by atoms with Crippen LogP contribution in [0.3, 0.4) is 0 Å². The van der Waals surface area contributed by atoms with Crippen molar-refractivity contribution >= 4 is 15.9 Å². The first-order valence-electron chi connectivity index (χ1n) is 9.05. The van der Waals surface area contributed by atoms with Crippen molar-refractivity contribution in [3.8, 4) is 0 Å². The van der Waals surface area contributed by atoms with Gasteiger partial charge in [0.25, 0.3) is 5.91 Å². The molecule has 0 radical (unpaired) electrons. The molecule has 2 N–H and O–H groups in total. The Bertz CT molecular complexity index is 742. The summed E-state index contributed by atoms with van der Waals surface area (Å²) in [7, 11) is -3.55. The Morgan fingerprint density at radius 3 is 2.52 bits per heavy atom. The highest BCUT2D eigenvalue weighted by atomic mass is 32.2. The third-order valence-corrected chi connectivity index (χ3v) is 7.15. The second kappa shape index (κ2) is 7.43. The van der Waals surface area contributed by atoms with E-state index in [0.717, 1.165) is 32.1 Å². The van der Waals surface area contributed by atoms with E-state index in [1.54, 1.807) is 34.3 Å². The molecule has 1 atom stereocenters. The molecule has 3 rings (SSSR count). The number of nitrogens with zero attached hydrogens (tertiary/aromatic N) is 2. The Hall–Kier alpha value is -1.44. The lowest BCUT2D eigenvalue weighted by Crippen LogP contribution is -2.45. The summed E-state index contributed by atoms with van der Waals surface area (Å²) in [6, 6.07) is 4.99. The maximum Gasteiger partial charge on any atom is 0.253 e. The van der Waals surface area contributed by atoms with E-state index in [9.17, 15) is 13.2 Å². The topological polar surface area (TPSA) is 83.7 Å². The van der Waals surface area contributed by atoms with Crippen LogP contribution in [-0.4, -0.2) is 55.8 Å². The molecule has 2 heterocycles. The first-order chi connectivity index (χ1) is 11.9. The van der Waals surface area contributed by atoms with E-state index in [1.807, 2.05) is 0 Å². The number of benzene rings is 1. The molecule has 2 fully saturated rings. The summed E-state index contributed by atoms with van der Waals surface area (Å²) in [6.45, 7) is 4.10. The summed E-state index contributed by atoms with van der Waals surface area (Å²) in [5.41, 5.74) is 7.07. The number of carbonyl (C=O) groups is 1. The van der Waals surface area contributed by atoms with Crippen LogP contribution in [-0.2, 0) is 10.0 Å². The van der Waals surface area contributed by atoms with E-state index in [1.165, 1.54) is 0 Å². The number of amides is 1. The van der Waals surface area contributed by atoms with Crippen molar-refractivity contribution in [1.82, 2.24) is 9.21 Å². The first kappa shape index (κ1) is 18.4. The van der Waals surface area contributed by atoms with Gasteiger partial charge >= 0.3 is 0 Å². The molecule has 6 nitrogen and oxygen atoms in total. The van der Waals surface area contributed by atoms with Gasteiger partial charge in [0.05, 0.1) is 4.90 Å². The minimum atomic E-state index is -3.55. The second-order valence-electron chi connectivity index (χ2n) is 7.10. The molecule has 1 amide bonds. The monoisotopic (exact) mass is 365 g/mol. The normalized spacial score (nSPS) is 22.8. The fourth-order valence-electron chi connectivity index (χ4n) is 3.63. The van der Waals surface area contributed by atoms with Gasteiger partial charge in [0.2, 0.25) is 10.0 Å². The number of rotatable bonds is 3. The van der Waals surface area contributed by atoms with Gasteiger partial charge in [-0.15, -0.1) is 0 Å². The smallest absolute Gasteiger partial charge is 0.253 e. The fraction of sp³-hybridized carbons (Fsp3) is 0.611. The SMILES string of the molecule is Cc1ccc(C(=O)N2CCCC(N)C2)cc1S(=O)(=O)N1CCCCC1. The molecular formula is C18H27N3O3S. The van der Waals surface area contributed by atoms with E-state index in [-0.39, 0.29) is 16.8 Å². The van der Waals surface area contributed by atoms with Gasteiger partial charge in [0, 0.05) is 37.8 Å². The summed E-state index contributed by atoms with van der Waals surface area (Å²) < 4.78 is 27.5. The third-order valence-electron chi connectivity index (χ3n) is 5.11. The third kappa shape index (κ3) is 3.88. The predicted molar refractivity (Wildman–Crippen MR) is 96.9 cm³/mol. The van der Waals surface area contributed by atoms with Crippen LogP contribution < -0.4 is 5.73 Å². The van der Waals surface area contributed by atoms with E-state index < -0.39 is 10.0 Å². The van der Waals surface area contributed by atoms with Crippen molar-refractivity contribution in [2.24, 2.45) is 5.73 Å². The molecule has 1 aromatic carbocycles. The Morgan fingerprint density at radius 2 is 1.84 bits per heavy atom. The van der Waals surface area contributed by atoms with Crippen LogP contribution in [0.4, 0.5) is 0 Å². The van der Waals surface area contributed by atoms with Crippen molar-refractivity contribution in [1.29, 1.82) is 0 Å². The molecule has 0 aliphatic carbocycles. The lowest BCUT2D eigenvalue weighted by Gasteiger charge is -2.31. The summed E-state index contributed by atoms with van der Waals surface area (Å²) in [5, 5.41) is 0. The molecule has 2 saturated heterocycles. The maximum absolute atomic E-state index is 13.0. The van der Waals surface area contributed by atoms with Crippen molar-refractivity contribution in [3.05, 3.63) is 29.3 Å². The van der Waals surface area contributed by atoms with Gasteiger partial charge in [-0.05, 0) is 50.3 Å². The average Bonchev–Trinajstić information content (AvgIpc) is 2.62. The number of carbonyl (C=O) groups excluding carboxylic acids is 1. The molecule has 1 aromatic rings. The van der Waals surface area contributed by atoms with Gasteiger partial charge in [0.15, 0.2) is 0 Å². The molecule has 25 heavy (non-hydrogen) atoms. The van der Waals surface area contributed by atoms with Crippen LogP contribution in [0, 0.1) is 6.92 Å². The molecule has 0 bridgehead atoms. The minimum Gasteiger partial charge on any atom is -0.337 e. The van der Waals surface area contributed by atoms with E-state index >= 15 is 0 Å². The van der Waals surface area contributed by atoms with E-state index in [4.69, 9.17) is 5.73 Å². The van der Waals surface area contributed by atoms with Crippen LogP contribution in [0.5, 0.6) is 0 Å². The Labute approximate surface area is 150 Å². The van der Waals surface area contributed by atoms with Crippen molar-refractivity contribution < 1.29 is 13.2 Å². The number of sulfonamides is 1. The summed E-state index contributed by atoms with van der Waals surface area (Å²) >= 11 is 0. The zero-order chi connectivity index (χ0) is 18.0. The molecule has 1 unspecified atom stereocenters. The quantitative estimate of drug-likeness (QED) is 0.884. The van der Waals surface area contributed by atoms with Gasteiger partial charge < -0.3 is 10.6 Å². The zero-order valence-corrected chi connectivity index (χ0v) is 15.6. The number of hydrogen-bond donors (Lipinski definition) is 1. The maximum atomic E-state index is 13.0. The Morgan fingerprint density at radius 1 is 1.12 bits per heavy atom. The van der Waals surface area contributed by atoms with Gasteiger partial charge in [-0.2, -0.15) is 4.31 Å². The van der Waals surface area contributed by atoms with Crippen molar-refractivity contribution in [2.75, 3.05) is 26.2 Å². The van der Waals surface area contributed by atoms with Crippen LogP contribution in [0.2, 0.25) is 0 Å². The Kier molecular flexibility index (Phi) is 5.46. The highest BCUT2D eigenvalue weighted by Gasteiger charge is 2.29. The largest absolute Gasteiger partial charge is 0.337 e. The molecule has 2 aliphatic heterocycles. The summed E-state index contributed by atoms with van der Waals surface area (Å²) in [6.07, 6.45) is 4.66. The lowest BCUT2D eigenvalue weighted by molar-refractivity contribution is 0.0708. The Balaban J connectivity index is 1.88. The van der Waals surface area contributed by atoms with Crippen LogP contribution >= 0.6 is 0 Å². The summed E-state index contributed by atoms with van der Waals surface area (Å²) in [4.78, 5) is 14.8. The zero-order valence-electron chi connectivity index (χ0n) is 14.8. The van der Waals surface area contributed by atoms with Crippen molar-refractivity contribution in [3.63, 3.8) is 0 Å². The summed E-state index contributed by atoms with van der Waals surface area (Å²) in [5.74, 6) is -0.134. The fourth-order valence-corrected chi connectivity index (χ4v) is 5.40. The molecular weight excluding hydrogens is 338 g/mol. The molecule has 0 spiro atoms. The van der Waals surface area contributed by atoms with Gasteiger partial charge in [-0.3, -0.25) is 4.79 Å². The highest BCUT2D eigenvalue weighted by Crippen LogP contribution is 2.25. The number of nitrogens with two attached hydrogens (primary N) is 1.